The highest BCUT2D eigenvalue weighted by Crippen LogP contribution is 2.22. The Morgan fingerprint density at radius 3 is 2.61 bits per heavy atom. The van der Waals surface area contributed by atoms with Gasteiger partial charge in [0.15, 0.2) is 0 Å². The zero-order chi connectivity index (χ0) is 13.5. The summed E-state index contributed by atoms with van der Waals surface area (Å²) in [5.41, 5.74) is 1.75. The van der Waals surface area contributed by atoms with Gasteiger partial charge in [-0.2, -0.15) is 0 Å². The number of carbonyl (C=O) groups excluding carboxylic acids is 2. The van der Waals surface area contributed by atoms with Gasteiger partial charge >= 0.3 is 6.03 Å². The van der Waals surface area contributed by atoms with E-state index >= 15 is 0 Å². The minimum Gasteiger partial charge on any atom is -0.355 e. The van der Waals surface area contributed by atoms with Gasteiger partial charge in [-0.1, -0.05) is 6.07 Å². The predicted octanol–water partition coefficient (Wildman–Crippen LogP) is 2.02. The molecule has 5 nitrogen and oxygen atoms in total. The second-order valence-electron chi connectivity index (χ2n) is 3.74. The van der Waals surface area contributed by atoms with Gasteiger partial charge in [0.1, 0.15) is 0 Å². The second-order valence-corrected chi connectivity index (χ2v) is 4.60. The van der Waals surface area contributed by atoms with Gasteiger partial charge in [0.2, 0.25) is 5.91 Å². The highest BCUT2D eigenvalue weighted by Gasteiger charge is 2.06. The molecular weight excluding hydrogens is 298 g/mol. The van der Waals surface area contributed by atoms with Crippen molar-refractivity contribution in [1.29, 1.82) is 0 Å². The first-order valence-electron chi connectivity index (χ1n) is 5.60. The van der Waals surface area contributed by atoms with E-state index in [-0.39, 0.29) is 12.5 Å². The second kappa shape index (κ2) is 7.00. The fourth-order valence-corrected chi connectivity index (χ4v) is 1.90. The number of likely N-dealkylation sites (N-methyl/N-ethyl adjacent to an activating group) is 1. The lowest BCUT2D eigenvalue weighted by atomic mass is 10.2. The van der Waals surface area contributed by atoms with Crippen LogP contribution in [0.25, 0.3) is 0 Å². The Bertz CT molecular complexity index is 449. The van der Waals surface area contributed by atoms with Crippen molar-refractivity contribution in [2.45, 2.75) is 13.8 Å². The van der Waals surface area contributed by atoms with E-state index < -0.39 is 6.03 Å². The molecule has 18 heavy (non-hydrogen) atoms. The molecule has 0 spiro atoms. The quantitative estimate of drug-likeness (QED) is 0.796. The first kappa shape index (κ1) is 14.5. The molecule has 0 unspecified atom stereocenters. The number of aryl methyl sites for hydroxylation is 1. The van der Waals surface area contributed by atoms with Crippen molar-refractivity contribution in [1.82, 2.24) is 10.6 Å². The number of carbonyl (C=O) groups is 2. The summed E-state index contributed by atoms with van der Waals surface area (Å²) >= 11 is 3.36. The van der Waals surface area contributed by atoms with Gasteiger partial charge < -0.3 is 16.0 Å². The van der Waals surface area contributed by atoms with Gasteiger partial charge in [-0.05, 0) is 47.5 Å². The number of halogens is 1. The fourth-order valence-electron chi connectivity index (χ4n) is 1.31. The molecule has 0 radical (unpaired) electrons. The van der Waals surface area contributed by atoms with E-state index in [4.69, 9.17) is 0 Å². The third-order valence-corrected chi connectivity index (χ3v) is 2.81. The number of anilines is 1. The van der Waals surface area contributed by atoms with Gasteiger partial charge in [0.25, 0.3) is 0 Å². The lowest BCUT2D eigenvalue weighted by Gasteiger charge is -2.09. The summed E-state index contributed by atoms with van der Waals surface area (Å²) in [5.74, 6) is -0.212. The van der Waals surface area contributed by atoms with Crippen molar-refractivity contribution in [2.75, 3.05) is 18.4 Å². The van der Waals surface area contributed by atoms with Crippen LogP contribution in [-0.4, -0.2) is 25.0 Å². The molecule has 0 aliphatic carbocycles. The topological polar surface area (TPSA) is 70.2 Å². The van der Waals surface area contributed by atoms with Crippen LogP contribution in [0.1, 0.15) is 12.5 Å². The highest BCUT2D eigenvalue weighted by atomic mass is 79.9. The standard InChI is InChI=1S/C12H16BrN3O2/c1-3-14-11(17)7-15-12(18)16-10-5-4-8(2)6-9(10)13/h4-6H,3,7H2,1-2H3,(H,14,17)(H2,15,16,18). The highest BCUT2D eigenvalue weighted by molar-refractivity contribution is 9.10. The summed E-state index contributed by atoms with van der Waals surface area (Å²) < 4.78 is 0.802. The minimum absolute atomic E-state index is 0.0385. The largest absolute Gasteiger partial charge is 0.355 e. The van der Waals surface area contributed by atoms with Crippen LogP contribution >= 0.6 is 15.9 Å². The zero-order valence-corrected chi connectivity index (χ0v) is 11.9. The molecule has 98 valence electrons. The molecule has 3 N–H and O–H groups in total. The number of hydrogen-bond acceptors (Lipinski definition) is 2. The first-order chi connectivity index (χ1) is 8.52. The number of rotatable bonds is 4. The molecule has 6 heteroatoms. The molecule has 0 saturated carbocycles. The maximum absolute atomic E-state index is 11.5. The van der Waals surface area contributed by atoms with Crippen molar-refractivity contribution in [3.05, 3.63) is 28.2 Å². The third-order valence-electron chi connectivity index (χ3n) is 2.16. The molecule has 0 fully saturated rings. The van der Waals surface area contributed by atoms with Crippen molar-refractivity contribution >= 4 is 33.6 Å². The monoisotopic (exact) mass is 313 g/mol. The Morgan fingerprint density at radius 1 is 1.28 bits per heavy atom. The number of hydrogen-bond donors (Lipinski definition) is 3. The summed E-state index contributed by atoms with van der Waals surface area (Å²) in [7, 11) is 0. The summed E-state index contributed by atoms with van der Waals surface area (Å²) in [6.45, 7) is 4.29. The first-order valence-corrected chi connectivity index (χ1v) is 6.40. The molecule has 1 aromatic rings. The molecule has 3 amide bonds. The molecule has 0 aliphatic heterocycles. The molecule has 0 heterocycles. The van der Waals surface area contributed by atoms with Crippen molar-refractivity contribution in [3.8, 4) is 0 Å². The third kappa shape index (κ3) is 4.75. The normalized spacial score (nSPS) is 9.72. The Morgan fingerprint density at radius 2 is 2.00 bits per heavy atom. The number of amides is 3. The maximum atomic E-state index is 11.5. The van der Waals surface area contributed by atoms with E-state index in [0.29, 0.717) is 12.2 Å². The fraction of sp³-hybridized carbons (Fsp3) is 0.333. The van der Waals surface area contributed by atoms with Crippen molar-refractivity contribution in [2.24, 2.45) is 0 Å². The average molecular weight is 314 g/mol. The molecule has 0 aliphatic rings. The molecule has 0 atom stereocenters. The molecule has 1 rings (SSSR count). The van der Waals surface area contributed by atoms with Crippen LogP contribution in [-0.2, 0) is 4.79 Å². The Hall–Kier alpha value is -1.56. The SMILES string of the molecule is CCNC(=O)CNC(=O)Nc1ccc(C)cc1Br. The number of benzene rings is 1. The minimum atomic E-state index is -0.411. The molecule has 0 bridgehead atoms. The zero-order valence-electron chi connectivity index (χ0n) is 10.3. The van der Waals surface area contributed by atoms with E-state index in [0.717, 1.165) is 10.0 Å². The van der Waals surface area contributed by atoms with Gasteiger partial charge in [-0.25, -0.2) is 4.79 Å². The lowest BCUT2D eigenvalue weighted by Crippen LogP contribution is -2.38. The molecule has 1 aromatic carbocycles. The molecule has 0 aromatic heterocycles. The van der Waals surface area contributed by atoms with Gasteiger partial charge in [0.05, 0.1) is 12.2 Å². The predicted molar refractivity (Wildman–Crippen MR) is 74.6 cm³/mol. The average Bonchev–Trinajstić information content (AvgIpc) is 2.31. The number of urea groups is 1. The van der Waals surface area contributed by atoms with E-state index in [1.54, 1.807) is 6.07 Å². The van der Waals surface area contributed by atoms with Crippen LogP contribution in [0.4, 0.5) is 10.5 Å². The molecular formula is C12H16BrN3O2. The Kier molecular flexibility index (Phi) is 5.64. The summed E-state index contributed by atoms with van der Waals surface area (Å²) in [6.07, 6.45) is 0. The number of nitrogens with one attached hydrogen (secondary N) is 3. The van der Waals surface area contributed by atoms with E-state index in [2.05, 4.69) is 31.9 Å². The van der Waals surface area contributed by atoms with Crippen LogP contribution in [0.5, 0.6) is 0 Å². The van der Waals surface area contributed by atoms with Crippen LogP contribution < -0.4 is 16.0 Å². The van der Waals surface area contributed by atoms with Crippen molar-refractivity contribution < 1.29 is 9.59 Å². The summed E-state index contributed by atoms with van der Waals surface area (Å²) in [6, 6.07) is 5.18. The van der Waals surface area contributed by atoms with Gasteiger partial charge in [-0.15, -0.1) is 0 Å². The van der Waals surface area contributed by atoms with Gasteiger partial charge in [-0.3, -0.25) is 4.79 Å². The van der Waals surface area contributed by atoms with Crippen LogP contribution in [0.3, 0.4) is 0 Å². The van der Waals surface area contributed by atoms with Crippen LogP contribution in [0.2, 0.25) is 0 Å². The van der Waals surface area contributed by atoms with E-state index in [9.17, 15) is 9.59 Å². The maximum Gasteiger partial charge on any atom is 0.319 e. The van der Waals surface area contributed by atoms with E-state index in [1.807, 2.05) is 26.0 Å². The van der Waals surface area contributed by atoms with E-state index in [1.165, 1.54) is 0 Å². The lowest BCUT2D eigenvalue weighted by molar-refractivity contribution is -0.119. The Labute approximate surface area is 114 Å². The van der Waals surface area contributed by atoms with Gasteiger partial charge in [0, 0.05) is 11.0 Å². The summed E-state index contributed by atoms with van der Waals surface area (Å²) in [4.78, 5) is 22.7. The smallest absolute Gasteiger partial charge is 0.319 e. The van der Waals surface area contributed by atoms with Crippen LogP contribution in [0.15, 0.2) is 22.7 Å². The summed E-state index contributed by atoms with van der Waals surface area (Å²) in [5, 5.41) is 7.73. The Balaban J connectivity index is 2.47. The van der Waals surface area contributed by atoms with Crippen LogP contribution in [0, 0.1) is 6.92 Å². The van der Waals surface area contributed by atoms with Crippen molar-refractivity contribution in [3.63, 3.8) is 0 Å². The molecule has 0 saturated heterocycles.